The second kappa shape index (κ2) is 27.3. The van der Waals surface area contributed by atoms with E-state index in [0.717, 1.165) is 68.1 Å². The number of thiazole rings is 2. The lowest BCUT2D eigenvalue weighted by molar-refractivity contribution is -0.144. The van der Waals surface area contributed by atoms with Gasteiger partial charge in [-0.3, -0.25) is 34.0 Å². The Balaban J connectivity index is 0.781. The summed E-state index contributed by atoms with van der Waals surface area (Å²) in [5.41, 5.74) is 8.51. The van der Waals surface area contributed by atoms with E-state index in [4.69, 9.17) is 10.1 Å². The molecule has 5 amide bonds. The highest BCUT2D eigenvalue weighted by Gasteiger charge is 2.46. The van der Waals surface area contributed by atoms with Crippen LogP contribution in [0.15, 0.2) is 90.6 Å². The zero-order valence-electron chi connectivity index (χ0n) is 49.9. The quantitative estimate of drug-likeness (QED) is 0.0326. The number of fused-ring (bicyclic) bond motifs is 2. The molecule has 2 fully saturated rings. The first-order valence-corrected chi connectivity index (χ1v) is 33.4. The molecule has 6 N–H and O–H groups in total. The molecule has 7 aromatic rings. The summed E-state index contributed by atoms with van der Waals surface area (Å²) in [7, 11) is -4.25. The number of hydrogen-bond donors (Lipinski definition) is 6. The Hall–Kier alpha value is -7.44. The molecule has 3 aromatic carbocycles. The summed E-state index contributed by atoms with van der Waals surface area (Å²) < 4.78 is 32.9. The zero-order chi connectivity index (χ0) is 61.6. The number of aliphatic hydroxyl groups is 2. The number of β-amino-alcohol motifs (C(OH)–C–C–N with tert-alkyl or cyclic N) is 1. The molecule has 4 atom stereocenters. The van der Waals surface area contributed by atoms with E-state index in [1.54, 1.807) is 49.0 Å². The molecule has 0 radical (unpaired) electrons. The van der Waals surface area contributed by atoms with Crippen molar-refractivity contribution in [1.29, 1.82) is 0 Å². The summed E-state index contributed by atoms with van der Waals surface area (Å²) in [6, 6.07) is 22.1. The fourth-order valence-corrected chi connectivity index (χ4v) is 15.0. The van der Waals surface area contributed by atoms with Crippen LogP contribution in [0.25, 0.3) is 31.8 Å². The Morgan fingerprint density at radius 2 is 1.66 bits per heavy atom. The van der Waals surface area contributed by atoms with Crippen molar-refractivity contribution >= 4 is 83.4 Å². The maximum atomic E-state index is 14.5. The number of pyridine rings is 1. The SMILES string of the molecule is Cc1ncsc1-c1ccc([C@H](C)NC(=O)[C@@H]2C[C@@H](O)CN2C(=O)[C@@H](NC(=O)CCCCCS(=O)(=O)NC(=O)c2nc(N3CCc4cccc(C(=O)Nc5nc6ccccc6s5)c4C3)ccc2-c2cnn(CC3CCCCC3)c2C)C(C)(C)CCO)cc1. The molecule has 3 aliphatic rings. The molecule has 10 rings (SSSR count). The van der Waals surface area contributed by atoms with E-state index in [0.29, 0.717) is 53.1 Å². The minimum absolute atomic E-state index is 0.000815. The Labute approximate surface area is 515 Å². The molecule has 1 aliphatic carbocycles. The van der Waals surface area contributed by atoms with Crippen molar-refractivity contribution in [1.82, 2.24) is 45.0 Å². The Morgan fingerprint density at radius 3 is 2.40 bits per heavy atom. The normalized spacial score (nSPS) is 17.2. The van der Waals surface area contributed by atoms with Gasteiger partial charge in [0.2, 0.25) is 27.7 Å². The van der Waals surface area contributed by atoms with Gasteiger partial charge in [0.15, 0.2) is 5.13 Å². The first-order valence-electron chi connectivity index (χ1n) is 30.1. The van der Waals surface area contributed by atoms with Crippen LogP contribution in [0, 0.1) is 25.2 Å². The number of hydrogen-bond acceptors (Lipinski definition) is 16. The molecular formula is C64H77N11O9S3. The van der Waals surface area contributed by atoms with E-state index in [-0.39, 0.29) is 63.3 Å². The number of aromatic nitrogens is 5. The number of carbonyl (C=O) groups is 5. The molecule has 6 heterocycles. The smallest absolute Gasteiger partial charge is 0.284 e. The number of benzene rings is 3. The molecule has 23 heteroatoms. The minimum atomic E-state index is -4.25. The number of aliphatic hydroxyl groups excluding tert-OH is 2. The van der Waals surface area contributed by atoms with Gasteiger partial charge in [-0.1, -0.05) is 99.4 Å². The molecule has 0 bridgehead atoms. The fourth-order valence-electron chi connectivity index (χ4n) is 12.2. The number of aryl methyl sites for hydroxylation is 1. The maximum absolute atomic E-state index is 14.5. The van der Waals surface area contributed by atoms with Gasteiger partial charge in [0.05, 0.1) is 50.4 Å². The van der Waals surface area contributed by atoms with Gasteiger partial charge in [0.25, 0.3) is 11.8 Å². The lowest BCUT2D eigenvalue weighted by Crippen LogP contribution is -2.58. The van der Waals surface area contributed by atoms with Crippen LogP contribution in [0.2, 0.25) is 0 Å². The van der Waals surface area contributed by atoms with E-state index >= 15 is 0 Å². The number of unbranched alkanes of at least 4 members (excludes halogenated alkanes) is 2. The van der Waals surface area contributed by atoms with Crippen LogP contribution in [0.5, 0.6) is 0 Å². The van der Waals surface area contributed by atoms with Crippen molar-refractivity contribution in [3.63, 3.8) is 0 Å². The zero-order valence-corrected chi connectivity index (χ0v) is 52.3. The summed E-state index contributed by atoms with van der Waals surface area (Å²) in [4.78, 5) is 88.8. The summed E-state index contributed by atoms with van der Waals surface area (Å²) in [5, 5.41) is 35.0. The second-order valence-electron chi connectivity index (χ2n) is 24.0. The van der Waals surface area contributed by atoms with Gasteiger partial charge in [-0.25, -0.2) is 28.1 Å². The number of likely N-dealkylation sites (tertiary alicyclic amines) is 1. The van der Waals surface area contributed by atoms with Crippen molar-refractivity contribution in [2.45, 2.75) is 149 Å². The van der Waals surface area contributed by atoms with E-state index in [9.17, 15) is 42.6 Å². The number of sulfonamides is 1. The third-order valence-electron chi connectivity index (χ3n) is 17.3. The average molecular weight is 1240 g/mol. The van der Waals surface area contributed by atoms with Gasteiger partial charge in [0, 0.05) is 68.0 Å². The highest BCUT2D eigenvalue weighted by atomic mass is 32.2. The average Bonchev–Trinajstić information content (AvgIpc) is 3.34. The fraction of sp³-hybridized carbons (Fsp3) is 0.453. The number of para-hydroxylation sites is 1. The molecule has 0 unspecified atom stereocenters. The lowest BCUT2D eigenvalue weighted by Gasteiger charge is -2.37. The molecule has 460 valence electrons. The van der Waals surface area contributed by atoms with E-state index in [1.807, 2.05) is 97.1 Å². The Kier molecular flexibility index (Phi) is 19.6. The maximum Gasteiger partial charge on any atom is 0.284 e. The second-order valence-corrected chi connectivity index (χ2v) is 27.7. The summed E-state index contributed by atoms with van der Waals surface area (Å²) in [5.74, 6) is -2.24. The third kappa shape index (κ3) is 14.8. The van der Waals surface area contributed by atoms with E-state index in [2.05, 4.69) is 30.6 Å². The standard InChI is InChI=1S/C64H77N11O9S3/c1-39(43-22-24-45(25-23-43)57-40(2)65-38-85-57)67-60(80)52-33-46(77)36-74(52)62(82)58(64(4,5)29-31-76)70-55(78)21-10-7-13-32-87(83,84)72-61(81)56-47(49-34-66-75(41(49)3)35-42-15-8-6-9-16-42)26-27-54(69-56)73-30-28-44-17-14-18-48(50(44)37-73)59(79)71-63-68-51-19-11-12-20-53(51)86-63/h11-12,14,17-20,22-27,34,38-39,42,46,52,58,76-77H,6-10,13,15-16,21,28-33,35-37H2,1-5H3,(H,67,80)(H,70,78)(H,72,81)(H,68,71,79)/t39-,46+,52-,58+/m0/s1. The van der Waals surface area contributed by atoms with Crippen LogP contribution in [0.4, 0.5) is 10.9 Å². The number of rotatable bonds is 23. The van der Waals surface area contributed by atoms with Crippen LogP contribution >= 0.6 is 22.7 Å². The van der Waals surface area contributed by atoms with E-state index < -0.39 is 69.0 Å². The summed E-state index contributed by atoms with van der Waals surface area (Å²) >= 11 is 2.94. The van der Waals surface area contributed by atoms with Gasteiger partial charge in [-0.2, -0.15) is 5.10 Å². The summed E-state index contributed by atoms with van der Waals surface area (Å²) in [6.45, 7) is 10.4. The van der Waals surface area contributed by atoms with Crippen LogP contribution in [-0.4, -0.2) is 121 Å². The van der Waals surface area contributed by atoms with Crippen LogP contribution in [0.3, 0.4) is 0 Å². The van der Waals surface area contributed by atoms with Gasteiger partial charge >= 0.3 is 0 Å². The van der Waals surface area contributed by atoms with Gasteiger partial charge in [0.1, 0.15) is 23.6 Å². The largest absolute Gasteiger partial charge is 0.396 e. The molecule has 4 aromatic heterocycles. The van der Waals surface area contributed by atoms with Gasteiger partial charge in [-0.05, 0) is 123 Å². The monoisotopic (exact) mass is 1240 g/mol. The number of amides is 5. The van der Waals surface area contributed by atoms with Crippen molar-refractivity contribution in [2.24, 2.45) is 11.3 Å². The van der Waals surface area contributed by atoms with Gasteiger partial charge in [-0.15, -0.1) is 11.3 Å². The first-order chi connectivity index (χ1) is 41.7. The number of carbonyl (C=O) groups excluding carboxylic acids is 5. The number of nitrogens with one attached hydrogen (secondary N) is 4. The summed E-state index contributed by atoms with van der Waals surface area (Å²) in [6.07, 6.45) is 7.78. The number of nitrogens with zero attached hydrogens (tertiary/aromatic N) is 7. The minimum Gasteiger partial charge on any atom is -0.396 e. The third-order valence-corrected chi connectivity index (χ3v) is 20.5. The number of anilines is 2. The molecule has 1 saturated heterocycles. The van der Waals surface area contributed by atoms with E-state index in [1.165, 1.54) is 35.5 Å². The highest BCUT2D eigenvalue weighted by molar-refractivity contribution is 7.90. The van der Waals surface area contributed by atoms with Crippen LogP contribution < -0.4 is 25.6 Å². The highest BCUT2D eigenvalue weighted by Crippen LogP contribution is 2.36. The molecule has 2 aliphatic heterocycles. The molecule has 1 saturated carbocycles. The predicted molar refractivity (Wildman–Crippen MR) is 338 cm³/mol. The predicted octanol–water partition coefficient (Wildman–Crippen LogP) is 9.04. The van der Waals surface area contributed by atoms with Crippen molar-refractivity contribution in [3.8, 4) is 21.6 Å². The van der Waals surface area contributed by atoms with Gasteiger partial charge < -0.3 is 30.6 Å². The lowest BCUT2D eigenvalue weighted by atomic mass is 9.80. The molecule has 87 heavy (non-hydrogen) atoms. The van der Waals surface area contributed by atoms with Crippen molar-refractivity contribution in [2.75, 3.05) is 35.7 Å². The topological polar surface area (TPSA) is 271 Å². The molecule has 0 spiro atoms. The van der Waals surface area contributed by atoms with Crippen molar-refractivity contribution < 1.29 is 42.6 Å². The molecule has 20 nitrogen and oxygen atoms in total. The van der Waals surface area contributed by atoms with Crippen LogP contribution in [-0.2, 0) is 43.9 Å². The molecular weight excluding hydrogens is 1160 g/mol. The van der Waals surface area contributed by atoms with Crippen molar-refractivity contribution in [3.05, 3.63) is 130 Å². The Bertz CT molecular complexity index is 3730. The van der Waals surface area contributed by atoms with Crippen LogP contribution in [0.1, 0.15) is 146 Å². The Morgan fingerprint density at radius 1 is 0.874 bits per heavy atom. The first kappa shape index (κ1) is 62.6.